The van der Waals surface area contributed by atoms with E-state index in [9.17, 15) is 0 Å². The van der Waals surface area contributed by atoms with E-state index in [1.807, 2.05) is 0 Å². The van der Waals surface area contributed by atoms with Gasteiger partial charge in [0.15, 0.2) is 0 Å². The van der Waals surface area contributed by atoms with Crippen molar-refractivity contribution in [3.8, 4) is 0 Å². The number of rotatable bonds is 4. The number of thiocarbonyl (C=S) groups is 1. The summed E-state index contributed by atoms with van der Waals surface area (Å²) in [5, 5.41) is 0. The molecule has 1 saturated heterocycles. The first-order valence-corrected chi connectivity index (χ1v) is 4.75. The number of hydrogen-bond donors (Lipinski definition) is 1. The highest BCUT2D eigenvalue weighted by Crippen LogP contribution is 2.11. The van der Waals surface area contributed by atoms with E-state index in [2.05, 4.69) is 11.8 Å². The van der Waals surface area contributed by atoms with Crippen LogP contribution in [0, 0.1) is 0 Å². The summed E-state index contributed by atoms with van der Waals surface area (Å²) in [6.45, 7) is 5.54. The van der Waals surface area contributed by atoms with Gasteiger partial charge in [0.05, 0.1) is 11.6 Å². The number of likely N-dealkylation sites (N-methyl/N-ethyl adjacent to an activating group) is 1. The van der Waals surface area contributed by atoms with Crippen LogP contribution in [0.15, 0.2) is 0 Å². The van der Waals surface area contributed by atoms with E-state index in [1.165, 1.54) is 0 Å². The Morgan fingerprint density at radius 2 is 2.50 bits per heavy atom. The Bertz CT molecular complexity index is 157. The van der Waals surface area contributed by atoms with Gasteiger partial charge in [-0.25, -0.2) is 0 Å². The minimum absolute atomic E-state index is 0.525. The van der Waals surface area contributed by atoms with E-state index in [0.29, 0.717) is 11.0 Å². The lowest BCUT2D eigenvalue weighted by molar-refractivity contribution is 0.157. The quantitative estimate of drug-likeness (QED) is 0.648. The largest absolute Gasteiger partial charge is 0.392 e. The van der Waals surface area contributed by atoms with Gasteiger partial charge in [0.1, 0.15) is 0 Å². The standard InChI is InChI=1S/C8H16N2OS/c1-2-10(5-8(9)12)7-3-4-11-6-7/h7H,2-6H2,1H3,(H2,9,12). The van der Waals surface area contributed by atoms with Crippen LogP contribution < -0.4 is 5.73 Å². The smallest absolute Gasteiger partial charge is 0.0870 e. The molecule has 0 radical (unpaired) electrons. The Hall–Kier alpha value is -0.190. The number of nitrogens with two attached hydrogens (primary N) is 1. The molecule has 1 aliphatic rings. The number of nitrogens with zero attached hydrogens (tertiary/aromatic N) is 1. The Labute approximate surface area is 78.9 Å². The zero-order valence-corrected chi connectivity index (χ0v) is 8.27. The molecule has 0 saturated carbocycles. The van der Waals surface area contributed by atoms with Crippen molar-refractivity contribution in [3.05, 3.63) is 0 Å². The Morgan fingerprint density at radius 3 is 2.92 bits per heavy atom. The maximum Gasteiger partial charge on any atom is 0.0870 e. The van der Waals surface area contributed by atoms with Crippen molar-refractivity contribution in [1.29, 1.82) is 0 Å². The van der Waals surface area contributed by atoms with Crippen molar-refractivity contribution >= 4 is 17.2 Å². The highest BCUT2D eigenvalue weighted by molar-refractivity contribution is 7.80. The van der Waals surface area contributed by atoms with Gasteiger partial charge in [0.2, 0.25) is 0 Å². The molecule has 0 amide bonds. The summed E-state index contributed by atoms with van der Waals surface area (Å²) in [7, 11) is 0. The molecule has 1 heterocycles. The molecule has 2 N–H and O–H groups in total. The van der Waals surface area contributed by atoms with Gasteiger partial charge in [0.25, 0.3) is 0 Å². The van der Waals surface area contributed by atoms with E-state index < -0.39 is 0 Å². The first-order valence-electron chi connectivity index (χ1n) is 4.34. The number of ether oxygens (including phenoxy) is 1. The lowest BCUT2D eigenvalue weighted by Crippen LogP contribution is -2.40. The molecule has 1 rings (SSSR count). The van der Waals surface area contributed by atoms with Crippen molar-refractivity contribution in [2.24, 2.45) is 5.73 Å². The summed E-state index contributed by atoms with van der Waals surface area (Å²) < 4.78 is 5.30. The predicted molar refractivity (Wildman–Crippen MR) is 53.3 cm³/mol. The van der Waals surface area contributed by atoms with Gasteiger partial charge in [0, 0.05) is 19.2 Å². The van der Waals surface area contributed by atoms with Crippen LogP contribution in [-0.4, -0.2) is 42.2 Å². The van der Waals surface area contributed by atoms with Gasteiger partial charge < -0.3 is 10.5 Å². The molecule has 0 spiro atoms. The van der Waals surface area contributed by atoms with Crippen LogP contribution in [0.3, 0.4) is 0 Å². The van der Waals surface area contributed by atoms with E-state index >= 15 is 0 Å². The highest BCUT2D eigenvalue weighted by Gasteiger charge is 2.21. The van der Waals surface area contributed by atoms with Crippen LogP contribution in [0.1, 0.15) is 13.3 Å². The van der Waals surface area contributed by atoms with Gasteiger partial charge >= 0.3 is 0 Å². The second-order valence-electron chi connectivity index (χ2n) is 3.05. The van der Waals surface area contributed by atoms with Gasteiger partial charge in [-0.15, -0.1) is 0 Å². The monoisotopic (exact) mass is 188 g/mol. The van der Waals surface area contributed by atoms with E-state index in [0.717, 1.165) is 32.7 Å². The van der Waals surface area contributed by atoms with Gasteiger partial charge in [-0.1, -0.05) is 19.1 Å². The molecule has 0 aromatic rings. The second kappa shape index (κ2) is 4.74. The summed E-state index contributed by atoms with van der Waals surface area (Å²) in [6, 6.07) is 0.525. The fraction of sp³-hybridized carbons (Fsp3) is 0.875. The van der Waals surface area contributed by atoms with Crippen LogP contribution in [0.2, 0.25) is 0 Å². The maximum absolute atomic E-state index is 5.49. The molecule has 1 aliphatic heterocycles. The van der Waals surface area contributed by atoms with Crippen molar-refractivity contribution in [2.75, 3.05) is 26.3 Å². The van der Waals surface area contributed by atoms with Gasteiger partial charge in [-0.2, -0.15) is 0 Å². The maximum atomic E-state index is 5.49. The molecular weight excluding hydrogens is 172 g/mol. The first-order chi connectivity index (χ1) is 5.74. The average molecular weight is 188 g/mol. The van der Waals surface area contributed by atoms with Gasteiger partial charge in [-0.3, -0.25) is 4.90 Å². The second-order valence-corrected chi connectivity index (χ2v) is 3.57. The minimum atomic E-state index is 0.525. The molecule has 0 bridgehead atoms. The summed E-state index contributed by atoms with van der Waals surface area (Å²) in [6.07, 6.45) is 1.11. The molecule has 3 nitrogen and oxygen atoms in total. The Kier molecular flexibility index (Phi) is 3.91. The third kappa shape index (κ3) is 2.69. The molecule has 0 aliphatic carbocycles. The minimum Gasteiger partial charge on any atom is -0.392 e. The molecule has 1 atom stereocenters. The van der Waals surface area contributed by atoms with Crippen molar-refractivity contribution in [3.63, 3.8) is 0 Å². The molecule has 0 aromatic heterocycles. The fourth-order valence-electron chi connectivity index (χ4n) is 1.51. The molecule has 1 fully saturated rings. The zero-order chi connectivity index (χ0) is 8.97. The third-order valence-electron chi connectivity index (χ3n) is 2.19. The SMILES string of the molecule is CCN(CC(N)=S)C1CCOC1. The Morgan fingerprint density at radius 1 is 1.75 bits per heavy atom. The van der Waals surface area contributed by atoms with E-state index in [-0.39, 0.29) is 0 Å². The molecule has 0 aromatic carbocycles. The molecule has 1 unspecified atom stereocenters. The van der Waals surface area contributed by atoms with Crippen LogP contribution in [0.5, 0.6) is 0 Å². The molecule has 70 valence electrons. The Balaban J connectivity index is 2.37. The summed E-state index contributed by atoms with van der Waals surface area (Å²) in [4.78, 5) is 2.85. The lowest BCUT2D eigenvalue weighted by Gasteiger charge is -2.25. The summed E-state index contributed by atoms with van der Waals surface area (Å²) in [5.41, 5.74) is 5.49. The first kappa shape index (κ1) is 9.89. The average Bonchev–Trinajstić information content (AvgIpc) is 2.51. The van der Waals surface area contributed by atoms with Crippen LogP contribution in [0.4, 0.5) is 0 Å². The molecular formula is C8H16N2OS. The topological polar surface area (TPSA) is 38.5 Å². The predicted octanol–water partition coefficient (Wildman–Crippen LogP) is 0.383. The van der Waals surface area contributed by atoms with Crippen molar-refractivity contribution in [2.45, 2.75) is 19.4 Å². The van der Waals surface area contributed by atoms with Crippen LogP contribution >= 0.6 is 12.2 Å². The molecule has 4 heteroatoms. The molecule has 12 heavy (non-hydrogen) atoms. The van der Waals surface area contributed by atoms with Gasteiger partial charge in [-0.05, 0) is 13.0 Å². The van der Waals surface area contributed by atoms with Crippen LogP contribution in [0.25, 0.3) is 0 Å². The van der Waals surface area contributed by atoms with E-state index in [4.69, 9.17) is 22.7 Å². The van der Waals surface area contributed by atoms with Crippen molar-refractivity contribution in [1.82, 2.24) is 4.90 Å². The third-order valence-corrected chi connectivity index (χ3v) is 2.32. The zero-order valence-electron chi connectivity index (χ0n) is 7.45. The number of hydrogen-bond acceptors (Lipinski definition) is 3. The van der Waals surface area contributed by atoms with Crippen molar-refractivity contribution < 1.29 is 4.74 Å². The highest BCUT2D eigenvalue weighted by atomic mass is 32.1. The summed E-state index contributed by atoms with van der Waals surface area (Å²) >= 11 is 4.87. The summed E-state index contributed by atoms with van der Waals surface area (Å²) in [5.74, 6) is 0. The lowest BCUT2D eigenvalue weighted by atomic mass is 10.2. The van der Waals surface area contributed by atoms with Crippen LogP contribution in [-0.2, 0) is 4.74 Å². The fourth-order valence-corrected chi connectivity index (χ4v) is 1.68. The van der Waals surface area contributed by atoms with E-state index in [1.54, 1.807) is 0 Å². The normalized spacial score (nSPS) is 23.3.